The first-order valence-corrected chi connectivity index (χ1v) is 7.30. The molecule has 1 radical (unpaired) electrons. The molecule has 2 heteroatoms. The molecule has 0 rings (SSSR count). The molecule has 0 saturated heterocycles. The smallest absolute Gasteiger partial charge is 0.211 e. The van der Waals surface area contributed by atoms with Crippen molar-refractivity contribution in [2.75, 3.05) is 0 Å². The summed E-state index contributed by atoms with van der Waals surface area (Å²) in [7, 11) is 0. The van der Waals surface area contributed by atoms with Gasteiger partial charge >= 0.3 is 0 Å². The van der Waals surface area contributed by atoms with Gasteiger partial charge in [0.15, 0.2) is 0 Å². The van der Waals surface area contributed by atoms with Gasteiger partial charge in [-0.05, 0) is 6.42 Å². The highest BCUT2D eigenvalue weighted by Gasteiger charge is 1.93. The Kier molecular flexibility index (Phi) is 14.8. The fourth-order valence-corrected chi connectivity index (χ4v) is 2.00. The van der Waals surface area contributed by atoms with Crippen LogP contribution < -0.4 is 0 Å². The number of unbranched alkanes of at least 4 members (excludes halogenated alkanes) is 11. The molecule has 0 aliphatic heterocycles. The van der Waals surface area contributed by atoms with E-state index in [-0.39, 0.29) is 0 Å². The Morgan fingerprint density at radius 3 is 1.76 bits per heavy atom. The Morgan fingerprint density at radius 2 is 1.29 bits per heavy atom. The largest absolute Gasteiger partial charge is 0.235 e. The van der Waals surface area contributed by atoms with Crippen LogP contribution in [0.2, 0.25) is 0 Å². The first kappa shape index (κ1) is 16.4. The van der Waals surface area contributed by atoms with E-state index in [4.69, 9.17) is 0 Å². The van der Waals surface area contributed by atoms with Crippen molar-refractivity contribution in [3.05, 3.63) is 6.54 Å². The zero-order valence-electron chi connectivity index (χ0n) is 11.4. The molecule has 17 heavy (non-hydrogen) atoms. The molecule has 0 spiro atoms. The van der Waals surface area contributed by atoms with E-state index in [0.717, 1.165) is 12.8 Å². The molecule has 0 bridgehead atoms. The molecule has 2 nitrogen and oxygen atoms in total. The lowest BCUT2D eigenvalue weighted by atomic mass is 10.1. The van der Waals surface area contributed by atoms with Crippen LogP contribution in [-0.2, 0) is 4.79 Å². The molecule has 0 aliphatic carbocycles. The van der Waals surface area contributed by atoms with E-state index in [2.05, 4.69) is 11.9 Å². The van der Waals surface area contributed by atoms with Crippen molar-refractivity contribution in [3.8, 4) is 0 Å². The summed E-state index contributed by atoms with van der Waals surface area (Å²) in [4.78, 5) is 13.2. The minimum atomic E-state index is 0.923. The maximum absolute atomic E-state index is 9.78. The fourth-order valence-electron chi connectivity index (χ4n) is 2.00. The summed E-state index contributed by atoms with van der Waals surface area (Å²) in [5.74, 6) is 0. The van der Waals surface area contributed by atoms with Crippen LogP contribution in [0.4, 0.5) is 0 Å². The van der Waals surface area contributed by atoms with Crippen molar-refractivity contribution in [1.82, 2.24) is 0 Å². The van der Waals surface area contributed by atoms with Gasteiger partial charge in [-0.1, -0.05) is 77.6 Å². The average molecular weight is 238 g/mol. The summed E-state index contributed by atoms with van der Waals surface area (Å²) in [6.07, 6.45) is 17.4. The van der Waals surface area contributed by atoms with Crippen LogP contribution in [0.5, 0.6) is 0 Å². The summed E-state index contributed by atoms with van der Waals surface area (Å²) >= 11 is 0. The molecule has 0 amide bonds. The van der Waals surface area contributed by atoms with Crippen LogP contribution in [0.15, 0.2) is 4.99 Å². The topological polar surface area (TPSA) is 29.4 Å². The van der Waals surface area contributed by atoms with Gasteiger partial charge in [-0.15, -0.1) is 0 Å². The minimum Gasteiger partial charge on any atom is -0.211 e. The zero-order valence-corrected chi connectivity index (χ0v) is 11.4. The molecule has 0 unspecified atom stereocenters. The molecule has 99 valence electrons. The monoisotopic (exact) mass is 238 g/mol. The highest BCUT2D eigenvalue weighted by molar-refractivity contribution is 5.33. The summed E-state index contributed by atoms with van der Waals surface area (Å²) in [5, 5.41) is 0. The van der Waals surface area contributed by atoms with Crippen molar-refractivity contribution in [2.24, 2.45) is 4.99 Å². The van der Waals surface area contributed by atoms with Gasteiger partial charge in [-0.2, -0.15) is 0 Å². The van der Waals surface area contributed by atoms with E-state index < -0.39 is 0 Å². The van der Waals surface area contributed by atoms with Gasteiger partial charge in [-0.25, -0.2) is 9.79 Å². The Bertz CT molecular complexity index is 185. The Balaban J connectivity index is 2.91. The molecule has 0 saturated carbocycles. The second-order valence-electron chi connectivity index (χ2n) is 4.73. The van der Waals surface area contributed by atoms with Gasteiger partial charge in [0, 0.05) is 0 Å². The third kappa shape index (κ3) is 15.4. The lowest BCUT2D eigenvalue weighted by Crippen LogP contribution is -1.82. The van der Waals surface area contributed by atoms with Crippen LogP contribution in [0.25, 0.3) is 0 Å². The van der Waals surface area contributed by atoms with Crippen molar-refractivity contribution >= 4 is 6.08 Å². The Morgan fingerprint density at radius 1 is 0.824 bits per heavy atom. The van der Waals surface area contributed by atoms with Gasteiger partial charge in [0.05, 0.1) is 6.54 Å². The quantitative estimate of drug-likeness (QED) is 0.247. The number of isocyanates is 1. The van der Waals surface area contributed by atoms with Gasteiger partial charge in [0.25, 0.3) is 0 Å². The predicted molar refractivity (Wildman–Crippen MR) is 73.5 cm³/mol. The molecule has 0 aliphatic rings. The lowest BCUT2D eigenvalue weighted by molar-refractivity contribution is 0.548. The maximum atomic E-state index is 9.78. The third-order valence-corrected chi connectivity index (χ3v) is 3.08. The first-order valence-electron chi connectivity index (χ1n) is 7.30. The highest BCUT2D eigenvalue weighted by Crippen LogP contribution is 2.12. The fraction of sp³-hybridized carbons (Fsp3) is 0.867. The van der Waals surface area contributed by atoms with Crippen molar-refractivity contribution < 1.29 is 4.79 Å². The van der Waals surface area contributed by atoms with E-state index in [0.29, 0.717) is 0 Å². The molecular weight excluding hydrogens is 210 g/mol. The van der Waals surface area contributed by atoms with Crippen LogP contribution in [0, 0.1) is 6.54 Å². The van der Waals surface area contributed by atoms with Crippen LogP contribution >= 0.6 is 0 Å². The van der Waals surface area contributed by atoms with Crippen molar-refractivity contribution in [3.63, 3.8) is 0 Å². The maximum Gasteiger partial charge on any atom is 0.235 e. The standard InChI is InChI=1S/C15H28NO/c1-2-3-4-5-6-7-8-9-10-11-12-13-14-16-15-17/h14H,2-13H2,1H3. The second-order valence-corrected chi connectivity index (χ2v) is 4.73. The summed E-state index contributed by atoms with van der Waals surface area (Å²) in [6, 6.07) is 0. The molecule has 0 atom stereocenters. The number of carbonyl (C=O) groups excluding carboxylic acids is 1. The number of hydrogen-bond acceptors (Lipinski definition) is 2. The van der Waals surface area contributed by atoms with Gasteiger partial charge < -0.3 is 0 Å². The predicted octanol–water partition coefficient (Wildman–Crippen LogP) is 5.19. The van der Waals surface area contributed by atoms with Crippen molar-refractivity contribution in [1.29, 1.82) is 0 Å². The molecule has 0 aromatic rings. The summed E-state index contributed by atoms with van der Waals surface area (Å²) in [5.41, 5.74) is 0. The molecule has 0 heterocycles. The molecule has 0 fully saturated rings. The molecule has 0 aromatic carbocycles. The zero-order chi connectivity index (χ0) is 12.6. The van der Waals surface area contributed by atoms with Crippen LogP contribution in [0.3, 0.4) is 0 Å². The second kappa shape index (κ2) is 15.4. The van der Waals surface area contributed by atoms with Gasteiger partial charge in [0.2, 0.25) is 6.08 Å². The number of hydrogen-bond donors (Lipinski definition) is 0. The van der Waals surface area contributed by atoms with E-state index in [1.165, 1.54) is 70.3 Å². The normalized spacial score (nSPS) is 10.2. The lowest BCUT2D eigenvalue weighted by Gasteiger charge is -2.01. The highest BCUT2D eigenvalue weighted by atomic mass is 16.1. The summed E-state index contributed by atoms with van der Waals surface area (Å²) < 4.78 is 0. The first-order chi connectivity index (χ1) is 8.41. The number of nitrogens with zero attached hydrogens (tertiary/aromatic N) is 1. The van der Waals surface area contributed by atoms with Crippen molar-refractivity contribution in [2.45, 2.75) is 84.0 Å². The summed E-state index contributed by atoms with van der Waals surface area (Å²) in [6.45, 7) is 3.93. The van der Waals surface area contributed by atoms with Gasteiger partial charge in [0.1, 0.15) is 0 Å². The van der Waals surface area contributed by atoms with E-state index in [9.17, 15) is 4.79 Å². The minimum absolute atomic E-state index is 0.923. The van der Waals surface area contributed by atoms with E-state index >= 15 is 0 Å². The number of rotatable bonds is 13. The van der Waals surface area contributed by atoms with Crippen LogP contribution in [-0.4, -0.2) is 6.08 Å². The van der Waals surface area contributed by atoms with E-state index in [1.807, 2.05) is 0 Å². The SMILES string of the molecule is CCCCCCCCCCCCC[CH]N=C=O. The Hall–Kier alpha value is -0.620. The average Bonchev–Trinajstić information content (AvgIpc) is 2.35. The third-order valence-electron chi connectivity index (χ3n) is 3.08. The Labute approximate surface area is 107 Å². The molecule has 0 N–H and O–H groups in total. The molecular formula is C15H28NO. The molecule has 0 aromatic heterocycles. The van der Waals surface area contributed by atoms with Crippen LogP contribution in [0.1, 0.15) is 84.0 Å². The van der Waals surface area contributed by atoms with Gasteiger partial charge in [-0.3, -0.25) is 0 Å². The number of aliphatic imine (C=N–C) groups is 1. The van der Waals surface area contributed by atoms with E-state index in [1.54, 1.807) is 6.54 Å².